The predicted octanol–water partition coefficient (Wildman–Crippen LogP) is 2.78. The fourth-order valence-electron chi connectivity index (χ4n) is 1.48. The Balaban J connectivity index is 2.27. The van der Waals surface area contributed by atoms with Crippen molar-refractivity contribution in [3.05, 3.63) is 48.3 Å². The molecule has 0 atom stereocenters. The lowest BCUT2D eigenvalue weighted by Crippen LogP contribution is -1.92. The molecular weight excluding hydrogens is 200 g/mol. The van der Waals surface area contributed by atoms with E-state index in [9.17, 15) is 0 Å². The highest BCUT2D eigenvalue weighted by Crippen LogP contribution is 2.25. The molecule has 0 unspecified atom stereocenters. The number of methoxy groups -OCH3 is 1. The largest absolute Gasteiger partial charge is 0.494 e. The first-order valence-electron chi connectivity index (χ1n) is 5.09. The number of aliphatic imine (C=N–C) groups is 1. The molecule has 3 nitrogen and oxygen atoms in total. The Kier molecular flexibility index (Phi) is 3.05. The molecule has 0 aliphatic heterocycles. The van der Waals surface area contributed by atoms with Crippen LogP contribution in [0.25, 0.3) is 0 Å². The summed E-state index contributed by atoms with van der Waals surface area (Å²) in [5.41, 5.74) is 1.90. The van der Waals surface area contributed by atoms with Crippen LogP contribution >= 0.6 is 0 Å². The van der Waals surface area contributed by atoms with Gasteiger partial charge in [-0.3, -0.25) is 4.99 Å². The molecule has 0 radical (unpaired) electrons. The van der Waals surface area contributed by atoms with E-state index in [4.69, 9.17) is 4.74 Å². The first-order valence-corrected chi connectivity index (χ1v) is 5.09. The molecule has 0 aliphatic carbocycles. The highest BCUT2D eigenvalue weighted by Gasteiger charge is 1.98. The Morgan fingerprint density at radius 2 is 2.00 bits per heavy atom. The van der Waals surface area contributed by atoms with E-state index in [1.165, 1.54) is 0 Å². The lowest BCUT2D eigenvalue weighted by Gasteiger charge is -2.02. The van der Waals surface area contributed by atoms with Crippen LogP contribution in [0.2, 0.25) is 0 Å². The summed E-state index contributed by atoms with van der Waals surface area (Å²) in [7, 11) is 3.64. The van der Waals surface area contributed by atoms with Gasteiger partial charge in [-0.25, -0.2) is 0 Å². The van der Waals surface area contributed by atoms with E-state index >= 15 is 0 Å². The van der Waals surface area contributed by atoms with Crippen molar-refractivity contribution < 1.29 is 4.74 Å². The van der Waals surface area contributed by atoms with Crippen LogP contribution in [0.3, 0.4) is 0 Å². The summed E-state index contributed by atoms with van der Waals surface area (Å²) in [6, 6.07) is 11.7. The third-order valence-corrected chi connectivity index (χ3v) is 2.41. The van der Waals surface area contributed by atoms with E-state index in [1.807, 2.05) is 60.4 Å². The molecule has 0 fully saturated rings. The molecule has 0 aliphatic rings. The number of aromatic nitrogens is 1. The second-order valence-electron chi connectivity index (χ2n) is 3.47. The van der Waals surface area contributed by atoms with Crippen LogP contribution in [0.15, 0.2) is 47.6 Å². The molecule has 0 saturated carbocycles. The van der Waals surface area contributed by atoms with Crippen LogP contribution in [0.1, 0.15) is 5.69 Å². The SMILES string of the molecule is COc1ccccc1N=Cc1cccn1C. The average Bonchev–Trinajstić information content (AvgIpc) is 2.72. The van der Waals surface area contributed by atoms with Gasteiger partial charge in [-0.2, -0.15) is 0 Å². The molecule has 1 heterocycles. The lowest BCUT2D eigenvalue weighted by atomic mass is 10.3. The minimum absolute atomic E-state index is 0.785. The molecule has 2 aromatic rings. The number of rotatable bonds is 3. The summed E-state index contributed by atoms with van der Waals surface area (Å²) in [6.07, 6.45) is 3.82. The smallest absolute Gasteiger partial charge is 0.144 e. The highest BCUT2D eigenvalue weighted by atomic mass is 16.5. The second-order valence-corrected chi connectivity index (χ2v) is 3.47. The molecule has 2 rings (SSSR count). The molecule has 0 saturated heterocycles. The first kappa shape index (κ1) is 10.5. The Bertz CT molecular complexity index is 500. The number of benzene rings is 1. The van der Waals surface area contributed by atoms with Crippen LogP contribution in [0.5, 0.6) is 5.75 Å². The maximum atomic E-state index is 5.22. The monoisotopic (exact) mass is 214 g/mol. The van der Waals surface area contributed by atoms with Crippen LogP contribution in [-0.2, 0) is 7.05 Å². The van der Waals surface area contributed by atoms with E-state index in [2.05, 4.69) is 4.99 Å². The molecule has 0 spiro atoms. The quantitative estimate of drug-likeness (QED) is 0.721. The van der Waals surface area contributed by atoms with E-state index in [1.54, 1.807) is 7.11 Å². The van der Waals surface area contributed by atoms with Gasteiger partial charge in [0.05, 0.1) is 19.0 Å². The van der Waals surface area contributed by atoms with E-state index < -0.39 is 0 Å². The Hall–Kier alpha value is -2.03. The minimum Gasteiger partial charge on any atom is -0.494 e. The summed E-state index contributed by atoms with van der Waals surface area (Å²) >= 11 is 0. The van der Waals surface area contributed by atoms with Gasteiger partial charge < -0.3 is 9.30 Å². The first-order chi connectivity index (χ1) is 7.81. The molecule has 0 N–H and O–H groups in total. The van der Waals surface area contributed by atoms with Crippen molar-refractivity contribution in [2.75, 3.05) is 7.11 Å². The molecule has 82 valence electrons. The van der Waals surface area contributed by atoms with Crippen molar-refractivity contribution in [1.29, 1.82) is 0 Å². The van der Waals surface area contributed by atoms with Crippen molar-refractivity contribution in [2.45, 2.75) is 0 Å². The van der Waals surface area contributed by atoms with Gasteiger partial charge in [0.25, 0.3) is 0 Å². The predicted molar refractivity (Wildman–Crippen MR) is 65.7 cm³/mol. The van der Waals surface area contributed by atoms with Gasteiger partial charge in [-0.05, 0) is 24.3 Å². The zero-order chi connectivity index (χ0) is 11.4. The normalized spacial score (nSPS) is 10.9. The average molecular weight is 214 g/mol. The molecule has 0 amide bonds. The molecule has 0 bridgehead atoms. The molecule has 1 aromatic carbocycles. The van der Waals surface area contributed by atoms with Gasteiger partial charge in [0, 0.05) is 13.2 Å². The van der Waals surface area contributed by atoms with Crippen molar-refractivity contribution in [3.63, 3.8) is 0 Å². The van der Waals surface area contributed by atoms with Crippen LogP contribution in [0, 0.1) is 0 Å². The zero-order valence-electron chi connectivity index (χ0n) is 9.42. The second kappa shape index (κ2) is 4.66. The number of nitrogens with zero attached hydrogens (tertiary/aromatic N) is 2. The summed E-state index contributed by atoms with van der Waals surface area (Å²) in [5, 5.41) is 0. The number of hydrogen-bond acceptors (Lipinski definition) is 2. The van der Waals surface area contributed by atoms with E-state index in [0.717, 1.165) is 17.1 Å². The Labute approximate surface area is 95.0 Å². The van der Waals surface area contributed by atoms with Gasteiger partial charge in [0.2, 0.25) is 0 Å². The molecular formula is C13H14N2O. The van der Waals surface area contributed by atoms with Gasteiger partial charge in [0.1, 0.15) is 11.4 Å². The maximum Gasteiger partial charge on any atom is 0.144 e. The van der Waals surface area contributed by atoms with E-state index in [-0.39, 0.29) is 0 Å². The summed E-state index contributed by atoms with van der Waals surface area (Å²) in [4.78, 5) is 4.41. The fraction of sp³-hybridized carbons (Fsp3) is 0.154. The lowest BCUT2D eigenvalue weighted by molar-refractivity contribution is 0.416. The van der Waals surface area contributed by atoms with E-state index in [0.29, 0.717) is 0 Å². The van der Waals surface area contributed by atoms with Gasteiger partial charge in [0.15, 0.2) is 0 Å². The number of para-hydroxylation sites is 2. The third kappa shape index (κ3) is 2.14. The van der Waals surface area contributed by atoms with Crippen molar-refractivity contribution in [1.82, 2.24) is 4.57 Å². The van der Waals surface area contributed by atoms with Crippen LogP contribution in [-0.4, -0.2) is 17.9 Å². The van der Waals surface area contributed by atoms with Crippen molar-refractivity contribution >= 4 is 11.9 Å². The standard InChI is InChI=1S/C13H14N2O/c1-15-9-5-6-11(15)10-14-12-7-3-4-8-13(12)16-2/h3-10H,1-2H3. The van der Waals surface area contributed by atoms with Crippen LogP contribution in [0.4, 0.5) is 5.69 Å². The number of hydrogen-bond donors (Lipinski definition) is 0. The third-order valence-electron chi connectivity index (χ3n) is 2.41. The van der Waals surface area contributed by atoms with Crippen molar-refractivity contribution in [3.8, 4) is 5.75 Å². The fourth-order valence-corrected chi connectivity index (χ4v) is 1.48. The summed E-state index contributed by atoms with van der Waals surface area (Å²) in [5.74, 6) is 0.785. The summed E-state index contributed by atoms with van der Waals surface area (Å²) in [6.45, 7) is 0. The van der Waals surface area contributed by atoms with Gasteiger partial charge >= 0.3 is 0 Å². The zero-order valence-corrected chi connectivity index (χ0v) is 9.42. The molecule has 3 heteroatoms. The van der Waals surface area contributed by atoms with Crippen LogP contribution < -0.4 is 4.74 Å². The maximum absolute atomic E-state index is 5.22. The Morgan fingerprint density at radius 1 is 1.19 bits per heavy atom. The van der Waals surface area contributed by atoms with Gasteiger partial charge in [-0.1, -0.05) is 12.1 Å². The molecule has 1 aromatic heterocycles. The minimum atomic E-state index is 0.785. The number of aryl methyl sites for hydroxylation is 1. The topological polar surface area (TPSA) is 26.5 Å². The number of ether oxygens (including phenoxy) is 1. The van der Waals surface area contributed by atoms with Gasteiger partial charge in [-0.15, -0.1) is 0 Å². The molecule has 16 heavy (non-hydrogen) atoms. The summed E-state index contributed by atoms with van der Waals surface area (Å²) < 4.78 is 7.24. The Morgan fingerprint density at radius 3 is 2.69 bits per heavy atom. The van der Waals surface area contributed by atoms with Crippen molar-refractivity contribution in [2.24, 2.45) is 12.0 Å². The highest BCUT2D eigenvalue weighted by molar-refractivity contribution is 5.80.